The van der Waals surface area contributed by atoms with Gasteiger partial charge in [-0.3, -0.25) is 0 Å². The van der Waals surface area contributed by atoms with Crippen LogP contribution in [0.4, 0.5) is 0 Å². The largest absolute Gasteiger partial charge is 0.374 e. The summed E-state index contributed by atoms with van der Waals surface area (Å²) in [6.07, 6.45) is 2.04. The minimum absolute atomic E-state index is 0.809. The van der Waals surface area contributed by atoms with Crippen molar-refractivity contribution < 1.29 is 5.11 Å². The van der Waals surface area contributed by atoms with E-state index in [0.717, 1.165) is 11.1 Å². The molecule has 1 unspecified atom stereocenters. The van der Waals surface area contributed by atoms with Gasteiger partial charge < -0.3 is 5.11 Å². The Bertz CT molecular complexity index is 589. The van der Waals surface area contributed by atoms with Gasteiger partial charge in [-0.15, -0.1) is 11.8 Å². The lowest BCUT2D eigenvalue weighted by atomic mass is 9.96. The molecule has 1 nitrogen and oxygen atoms in total. The van der Waals surface area contributed by atoms with Crippen molar-refractivity contribution in [3.63, 3.8) is 0 Å². The molecule has 0 saturated carbocycles. The first-order chi connectivity index (χ1) is 9.12. The van der Waals surface area contributed by atoms with Gasteiger partial charge in [-0.2, -0.15) is 0 Å². The van der Waals surface area contributed by atoms with Crippen LogP contribution in [0.2, 0.25) is 0 Å². The van der Waals surface area contributed by atoms with Gasteiger partial charge in [0.05, 0.1) is 0 Å². The number of thioether (sulfide) groups is 1. The number of benzene rings is 2. The third kappa shape index (κ3) is 3.64. The smallest absolute Gasteiger partial charge is 0.148 e. The van der Waals surface area contributed by atoms with Crippen molar-refractivity contribution in [1.29, 1.82) is 0 Å². The van der Waals surface area contributed by atoms with Crippen LogP contribution in [0, 0.1) is 11.8 Å². The average molecular weight is 268 g/mol. The number of hydrogen-bond donors (Lipinski definition) is 1. The van der Waals surface area contributed by atoms with Crippen molar-refractivity contribution in [3.8, 4) is 11.8 Å². The summed E-state index contributed by atoms with van der Waals surface area (Å²) < 4.78 is 0. The summed E-state index contributed by atoms with van der Waals surface area (Å²) in [6, 6.07) is 17.5. The first-order valence-corrected chi connectivity index (χ1v) is 7.29. The van der Waals surface area contributed by atoms with E-state index >= 15 is 0 Å². The van der Waals surface area contributed by atoms with Gasteiger partial charge in [0, 0.05) is 10.5 Å². The van der Waals surface area contributed by atoms with Crippen LogP contribution >= 0.6 is 11.8 Å². The molecule has 2 rings (SSSR count). The molecule has 0 heterocycles. The topological polar surface area (TPSA) is 20.2 Å². The molecule has 2 aromatic rings. The molecule has 1 N–H and O–H groups in total. The number of hydrogen-bond acceptors (Lipinski definition) is 2. The lowest BCUT2D eigenvalue weighted by Gasteiger charge is -2.16. The Balaban J connectivity index is 2.22. The van der Waals surface area contributed by atoms with Gasteiger partial charge in [0.15, 0.2) is 0 Å². The molecule has 0 fully saturated rings. The third-order valence-electron chi connectivity index (χ3n) is 2.88. The Kier molecular flexibility index (Phi) is 4.31. The average Bonchev–Trinajstić information content (AvgIpc) is 2.47. The van der Waals surface area contributed by atoms with E-state index in [1.807, 2.05) is 60.9 Å². The summed E-state index contributed by atoms with van der Waals surface area (Å²) in [5.74, 6) is 5.95. The maximum Gasteiger partial charge on any atom is 0.148 e. The summed E-state index contributed by atoms with van der Waals surface area (Å²) >= 11 is 1.70. The lowest BCUT2D eigenvalue weighted by Crippen LogP contribution is -2.18. The van der Waals surface area contributed by atoms with Crippen LogP contribution in [0.3, 0.4) is 0 Å². The molecule has 0 aromatic heterocycles. The Morgan fingerprint density at radius 2 is 1.63 bits per heavy atom. The summed E-state index contributed by atoms with van der Waals surface area (Å²) in [7, 11) is 0. The fourth-order valence-corrected chi connectivity index (χ4v) is 2.11. The van der Waals surface area contributed by atoms with E-state index in [2.05, 4.69) is 11.8 Å². The van der Waals surface area contributed by atoms with E-state index in [9.17, 15) is 5.11 Å². The van der Waals surface area contributed by atoms with E-state index in [4.69, 9.17) is 0 Å². The molecule has 0 aliphatic rings. The molecule has 2 heteroatoms. The quantitative estimate of drug-likeness (QED) is 0.662. The van der Waals surface area contributed by atoms with Crippen LogP contribution in [0.1, 0.15) is 18.1 Å². The van der Waals surface area contributed by atoms with Crippen LogP contribution in [-0.2, 0) is 5.60 Å². The van der Waals surface area contributed by atoms with E-state index in [-0.39, 0.29) is 0 Å². The van der Waals surface area contributed by atoms with Gasteiger partial charge in [-0.1, -0.05) is 42.2 Å². The van der Waals surface area contributed by atoms with Gasteiger partial charge in [0.1, 0.15) is 5.60 Å². The second-order valence-corrected chi connectivity index (χ2v) is 5.30. The van der Waals surface area contributed by atoms with Gasteiger partial charge in [0.2, 0.25) is 0 Å². The Hall–Kier alpha value is -1.69. The fraction of sp³-hybridized carbons (Fsp3) is 0.176. The van der Waals surface area contributed by atoms with E-state index in [1.54, 1.807) is 18.7 Å². The highest BCUT2D eigenvalue weighted by molar-refractivity contribution is 7.98. The zero-order chi connectivity index (χ0) is 13.7. The highest BCUT2D eigenvalue weighted by Crippen LogP contribution is 2.19. The summed E-state index contributed by atoms with van der Waals surface area (Å²) in [6.45, 7) is 1.71. The van der Waals surface area contributed by atoms with Crippen molar-refractivity contribution in [1.82, 2.24) is 0 Å². The SMILES string of the molecule is CSc1ccc(C#CC(C)(O)c2ccccc2)cc1. The lowest BCUT2D eigenvalue weighted by molar-refractivity contribution is 0.122. The fourth-order valence-electron chi connectivity index (χ4n) is 1.70. The molecule has 0 aliphatic heterocycles. The van der Waals surface area contributed by atoms with Crippen LogP contribution in [0.5, 0.6) is 0 Å². The standard InChI is InChI=1S/C17H16OS/c1-17(18,15-6-4-3-5-7-15)13-12-14-8-10-16(19-2)11-9-14/h3-11,18H,1-2H3. The van der Waals surface area contributed by atoms with E-state index in [1.165, 1.54) is 4.90 Å². The normalized spacial score (nSPS) is 13.2. The van der Waals surface area contributed by atoms with Gasteiger partial charge in [-0.25, -0.2) is 0 Å². The predicted octanol–water partition coefficient (Wildman–Crippen LogP) is 3.67. The second kappa shape index (κ2) is 5.97. The summed E-state index contributed by atoms with van der Waals surface area (Å²) in [5, 5.41) is 10.4. The van der Waals surface area contributed by atoms with Gasteiger partial charge in [0.25, 0.3) is 0 Å². The maximum absolute atomic E-state index is 10.4. The van der Waals surface area contributed by atoms with Crippen LogP contribution in [0.15, 0.2) is 59.5 Å². The van der Waals surface area contributed by atoms with Crippen LogP contribution in [-0.4, -0.2) is 11.4 Å². The first kappa shape index (κ1) is 13.7. The van der Waals surface area contributed by atoms with Crippen LogP contribution in [0.25, 0.3) is 0 Å². The molecule has 2 aromatic carbocycles. The minimum Gasteiger partial charge on any atom is -0.374 e. The molecule has 0 radical (unpaired) electrons. The summed E-state index contributed by atoms with van der Waals surface area (Å²) in [5.41, 5.74) is 0.594. The molecule has 0 aliphatic carbocycles. The molecule has 1 atom stereocenters. The Morgan fingerprint density at radius 1 is 1.00 bits per heavy atom. The molecule has 0 spiro atoms. The molecular weight excluding hydrogens is 252 g/mol. The van der Waals surface area contributed by atoms with Gasteiger partial charge >= 0.3 is 0 Å². The van der Waals surface area contributed by atoms with Crippen molar-refractivity contribution in [2.45, 2.75) is 17.4 Å². The zero-order valence-corrected chi connectivity index (χ0v) is 11.9. The highest BCUT2D eigenvalue weighted by atomic mass is 32.2. The van der Waals surface area contributed by atoms with Crippen molar-refractivity contribution in [2.75, 3.05) is 6.26 Å². The van der Waals surface area contributed by atoms with Crippen molar-refractivity contribution >= 4 is 11.8 Å². The zero-order valence-electron chi connectivity index (χ0n) is 11.1. The van der Waals surface area contributed by atoms with Gasteiger partial charge in [-0.05, 0) is 43.0 Å². The monoisotopic (exact) mass is 268 g/mol. The van der Waals surface area contributed by atoms with Crippen LogP contribution < -0.4 is 0 Å². The van der Waals surface area contributed by atoms with Crippen molar-refractivity contribution in [2.24, 2.45) is 0 Å². The molecule has 0 bridgehead atoms. The van der Waals surface area contributed by atoms with E-state index < -0.39 is 5.60 Å². The molecule has 0 amide bonds. The number of aliphatic hydroxyl groups is 1. The predicted molar refractivity (Wildman–Crippen MR) is 81.1 cm³/mol. The number of rotatable bonds is 2. The molecule has 19 heavy (non-hydrogen) atoms. The third-order valence-corrected chi connectivity index (χ3v) is 3.62. The summed E-state index contributed by atoms with van der Waals surface area (Å²) in [4.78, 5) is 1.21. The van der Waals surface area contributed by atoms with Crippen molar-refractivity contribution in [3.05, 3.63) is 65.7 Å². The molecule has 96 valence electrons. The molecular formula is C17H16OS. The van der Waals surface area contributed by atoms with E-state index in [0.29, 0.717) is 0 Å². The minimum atomic E-state index is -1.13. The maximum atomic E-state index is 10.4. The first-order valence-electron chi connectivity index (χ1n) is 6.07. The Labute approximate surface area is 118 Å². The highest BCUT2D eigenvalue weighted by Gasteiger charge is 2.18. The second-order valence-electron chi connectivity index (χ2n) is 4.42. The Morgan fingerprint density at radius 3 is 2.21 bits per heavy atom. The molecule has 0 saturated heterocycles.